The van der Waals surface area contributed by atoms with Crippen LogP contribution in [0.25, 0.3) is 6.08 Å². The molecule has 4 nitrogen and oxygen atoms in total. The Kier molecular flexibility index (Phi) is 4.94. The molecule has 1 atom stereocenters. The molecule has 4 heteroatoms. The van der Waals surface area contributed by atoms with Crippen molar-refractivity contribution in [1.29, 1.82) is 5.26 Å². The monoisotopic (exact) mass is 245 g/mol. The van der Waals surface area contributed by atoms with Gasteiger partial charge in [0.2, 0.25) is 0 Å². The Bertz CT molecular complexity index is 500. The van der Waals surface area contributed by atoms with Crippen LogP contribution < -0.4 is 0 Å². The summed E-state index contributed by atoms with van der Waals surface area (Å²) in [5.74, 6) is 0. The fourth-order valence-electron chi connectivity index (χ4n) is 1.71. The number of nitrogens with zero attached hydrogens (tertiary/aromatic N) is 1. The summed E-state index contributed by atoms with van der Waals surface area (Å²) in [4.78, 5) is 10.4. The summed E-state index contributed by atoms with van der Waals surface area (Å²) in [6.45, 7) is 3.61. The number of carboxylic acid groups (broad SMARTS) is 1. The minimum Gasteiger partial charge on any atom is -0.450 e. The Morgan fingerprint density at radius 3 is 2.94 bits per heavy atom. The molecule has 0 aliphatic heterocycles. The zero-order valence-corrected chi connectivity index (χ0v) is 10.4. The molecule has 0 aliphatic rings. The van der Waals surface area contributed by atoms with Crippen LogP contribution in [0.1, 0.15) is 31.4 Å². The number of ether oxygens (including phenoxy) is 1. The average molecular weight is 245 g/mol. The van der Waals surface area contributed by atoms with Crippen LogP contribution in [-0.4, -0.2) is 17.4 Å². The van der Waals surface area contributed by atoms with Gasteiger partial charge in [0.25, 0.3) is 0 Å². The van der Waals surface area contributed by atoms with E-state index < -0.39 is 6.16 Å². The summed E-state index contributed by atoms with van der Waals surface area (Å²) >= 11 is 0. The lowest BCUT2D eigenvalue weighted by molar-refractivity contribution is 0.0594. The van der Waals surface area contributed by atoms with E-state index in [9.17, 15) is 4.79 Å². The summed E-state index contributed by atoms with van der Waals surface area (Å²) < 4.78 is 4.63. The van der Waals surface area contributed by atoms with Gasteiger partial charge >= 0.3 is 6.16 Å². The molecule has 0 aromatic heterocycles. The number of carbonyl (C=O) groups is 1. The molecule has 1 N–H and O–H groups in total. The topological polar surface area (TPSA) is 70.3 Å². The fourth-order valence-corrected chi connectivity index (χ4v) is 1.71. The second-order valence-electron chi connectivity index (χ2n) is 4.13. The van der Waals surface area contributed by atoms with E-state index in [1.54, 1.807) is 19.1 Å². The molecular weight excluding hydrogens is 230 g/mol. The molecule has 0 bridgehead atoms. The van der Waals surface area contributed by atoms with E-state index in [2.05, 4.69) is 10.8 Å². The van der Waals surface area contributed by atoms with Gasteiger partial charge in [-0.3, -0.25) is 0 Å². The molecule has 1 rings (SSSR count). The van der Waals surface area contributed by atoms with Gasteiger partial charge in [-0.1, -0.05) is 23.8 Å². The Labute approximate surface area is 106 Å². The van der Waals surface area contributed by atoms with Crippen LogP contribution >= 0.6 is 0 Å². The lowest BCUT2D eigenvalue weighted by atomic mass is 10.1. The highest BCUT2D eigenvalue weighted by Gasteiger charge is 2.07. The van der Waals surface area contributed by atoms with Gasteiger partial charge in [0.15, 0.2) is 0 Å². The summed E-state index contributed by atoms with van der Waals surface area (Å²) in [6.07, 6.45) is 0.811. The van der Waals surface area contributed by atoms with Gasteiger partial charge in [-0.25, -0.2) is 4.79 Å². The number of hydrogen-bond donors (Lipinski definition) is 1. The van der Waals surface area contributed by atoms with Gasteiger partial charge in [-0.15, -0.1) is 0 Å². The summed E-state index contributed by atoms with van der Waals surface area (Å²) in [5, 5.41) is 17.3. The van der Waals surface area contributed by atoms with E-state index in [1.165, 1.54) is 0 Å². The van der Waals surface area contributed by atoms with Crippen molar-refractivity contribution in [2.45, 2.75) is 26.4 Å². The predicted molar refractivity (Wildman–Crippen MR) is 68.0 cm³/mol. The molecule has 1 unspecified atom stereocenters. The zero-order valence-electron chi connectivity index (χ0n) is 10.4. The number of benzene rings is 1. The van der Waals surface area contributed by atoms with Crippen LogP contribution in [-0.2, 0) is 4.74 Å². The second-order valence-corrected chi connectivity index (χ2v) is 4.13. The van der Waals surface area contributed by atoms with E-state index >= 15 is 0 Å². The molecule has 94 valence electrons. The van der Waals surface area contributed by atoms with E-state index in [1.807, 2.05) is 25.1 Å². The molecule has 0 saturated carbocycles. The summed E-state index contributed by atoms with van der Waals surface area (Å²) in [6, 6.07) is 9.31. The molecule has 0 saturated heterocycles. The van der Waals surface area contributed by atoms with Crippen molar-refractivity contribution in [1.82, 2.24) is 0 Å². The number of hydrogen-bond acceptors (Lipinski definition) is 3. The molecule has 18 heavy (non-hydrogen) atoms. The maximum Gasteiger partial charge on any atom is 0.506 e. The number of rotatable bonds is 4. The third-order valence-corrected chi connectivity index (χ3v) is 2.34. The van der Waals surface area contributed by atoms with Crippen molar-refractivity contribution in [3.63, 3.8) is 0 Å². The molecule has 0 fully saturated rings. The molecule has 1 aromatic rings. The predicted octanol–water partition coefficient (Wildman–Crippen LogP) is 3.43. The molecule has 1 aromatic carbocycles. The standard InChI is InChI=1S/C14H15NO3/c1-10(6-11(2)18-14(16)17)7-12-4-3-5-13(8-12)9-15/h3-5,7-8,11H,6H2,1-2H3,(H,16,17)/b10-7+. The first-order valence-corrected chi connectivity index (χ1v) is 5.58. The Balaban J connectivity index is 2.70. The highest BCUT2D eigenvalue weighted by atomic mass is 16.7. The Hall–Kier alpha value is -2.28. The van der Waals surface area contributed by atoms with Crippen molar-refractivity contribution in [2.24, 2.45) is 0 Å². The lowest BCUT2D eigenvalue weighted by Crippen LogP contribution is -2.12. The third-order valence-electron chi connectivity index (χ3n) is 2.34. The van der Waals surface area contributed by atoms with Crippen molar-refractivity contribution in [2.75, 3.05) is 0 Å². The highest BCUT2D eigenvalue weighted by Crippen LogP contribution is 2.14. The number of nitriles is 1. The third kappa shape index (κ3) is 4.71. The minimum absolute atomic E-state index is 0.377. The van der Waals surface area contributed by atoms with Crippen LogP contribution in [0.2, 0.25) is 0 Å². The van der Waals surface area contributed by atoms with Crippen molar-refractivity contribution in [3.8, 4) is 6.07 Å². The van der Waals surface area contributed by atoms with E-state index in [4.69, 9.17) is 10.4 Å². The second kappa shape index (κ2) is 6.45. The summed E-state index contributed by atoms with van der Waals surface area (Å²) in [7, 11) is 0. The van der Waals surface area contributed by atoms with Crippen LogP contribution in [0.4, 0.5) is 4.79 Å². The molecular formula is C14H15NO3. The lowest BCUT2D eigenvalue weighted by Gasteiger charge is -2.10. The average Bonchev–Trinajstić information content (AvgIpc) is 2.27. The largest absolute Gasteiger partial charge is 0.506 e. The SMILES string of the molecule is C/C(=C\c1cccc(C#N)c1)CC(C)OC(=O)O. The molecule has 0 radical (unpaired) electrons. The van der Waals surface area contributed by atoms with Gasteiger partial charge in [0.1, 0.15) is 6.10 Å². The van der Waals surface area contributed by atoms with Gasteiger partial charge in [-0.2, -0.15) is 5.26 Å². The van der Waals surface area contributed by atoms with Crippen LogP contribution in [0.5, 0.6) is 0 Å². The van der Waals surface area contributed by atoms with Crippen LogP contribution in [0.3, 0.4) is 0 Å². The first-order valence-electron chi connectivity index (χ1n) is 5.58. The van der Waals surface area contributed by atoms with Gasteiger partial charge in [-0.05, 0) is 31.5 Å². The van der Waals surface area contributed by atoms with Crippen molar-refractivity contribution < 1.29 is 14.6 Å². The Morgan fingerprint density at radius 2 is 2.33 bits per heavy atom. The van der Waals surface area contributed by atoms with Gasteiger partial charge in [0, 0.05) is 6.42 Å². The quantitative estimate of drug-likeness (QED) is 0.825. The first kappa shape index (κ1) is 13.8. The molecule has 0 heterocycles. The van der Waals surface area contributed by atoms with E-state index in [-0.39, 0.29) is 6.10 Å². The fraction of sp³-hybridized carbons (Fsp3) is 0.286. The van der Waals surface area contributed by atoms with Crippen LogP contribution in [0, 0.1) is 11.3 Å². The van der Waals surface area contributed by atoms with E-state index in [0.29, 0.717) is 12.0 Å². The summed E-state index contributed by atoms with van der Waals surface area (Å²) in [5.41, 5.74) is 2.53. The maximum absolute atomic E-state index is 10.4. The molecule has 0 amide bonds. The van der Waals surface area contributed by atoms with Gasteiger partial charge < -0.3 is 9.84 Å². The molecule has 0 aliphatic carbocycles. The van der Waals surface area contributed by atoms with E-state index in [0.717, 1.165) is 11.1 Å². The van der Waals surface area contributed by atoms with Crippen molar-refractivity contribution >= 4 is 12.2 Å². The smallest absolute Gasteiger partial charge is 0.450 e. The highest BCUT2D eigenvalue weighted by molar-refractivity contribution is 5.57. The maximum atomic E-state index is 10.4. The van der Waals surface area contributed by atoms with Crippen molar-refractivity contribution in [3.05, 3.63) is 41.0 Å². The van der Waals surface area contributed by atoms with Crippen LogP contribution in [0.15, 0.2) is 29.8 Å². The first-order chi connectivity index (χ1) is 8.51. The van der Waals surface area contributed by atoms with Gasteiger partial charge in [0.05, 0.1) is 11.6 Å². The normalized spacial score (nSPS) is 12.6. The minimum atomic E-state index is -1.26. The Morgan fingerprint density at radius 1 is 1.61 bits per heavy atom. The molecule has 0 spiro atoms. The zero-order chi connectivity index (χ0) is 13.5.